The van der Waals surface area contributed by atoms with Gasteiger partial charge in [0.15, 0.2) is 0 Å². The molecule has 1 unspecified atom stereocenters. The molecule has 1 aromatic carbocycles. The normalized spacial score (nSPS) is 11.4. The maximum atomic E-state index is 12.3. The van der Waals surface area contributed by atoms with Crippen LogP contribution in [0.4, 0.5) is 5.69 Å². The fourth-order valence-electron chi connectivity index (χ4n) is 2.24. The van der Waals surface area contributed by atoms with Gasteiger partial charge in [-0.05, 0) is 29.6 Å². The van der Waals surface area contributed by atoms with Crippen LogP contribution in [0.3, 0.4) is 0 Å². The fourth-order valence-corrected chi connectivity index (χ4v) is 3.02. The van der Waals surface area contributed by atoms with Gasteiger partial charge in [0.1, 0.15) is 0 Å². The highest BCUT2D eigenvalue weighted by Crippen LogP contribution is 2.23. The molecule has 3 amide bonds. The average molecular weight is 345 g/mol. The summed E-state index contributed by atoms with van der Waals surface area (Å²) in [4.78, 5) is 36.2. The quantitative estimate of drug-likeness (QED) is 0.751. The van der Waals surface area contributed by atoms with Crippen LogP contribution < -0.4 is 16.0 Å². The molecule has 6 nitrogen and oxygen atoms in total. The molecular formula is C17H19N3O3S. The van der Waals surface area contributed by atoms with Crippen LogP contribution in [0.15, 0.2) is 41.8 Å². The van der Waals surface area contributed by atoms with E-state index in [0.717, 1.165) is 4.88 Å². The van der Waals surface area contributed by atoms with Crippen molar-refractivity contribution < 1.29 is 14.4 Å². The van der Waals surface area contributed by atoms with Gasteiger partial charge in [-0.3, -0.25) is 14.4 Å². The third-order valence-electron chi connectivity index (χ3n) is 3.29. The Morgan fingerprint density at radius 3 is 2.58 bits per heavy atom. The SMILES string of the molecule is CNC(=O)c1cccc(NC(=O)CC(NC(C)=O)c2cccs2)c1. The number of carbonyl (C=O) groups excluding carboxylic acids is 3. The maximum Gasteiger partial charge on any atom is 0.251 e. The minimum Gasteiger partial charge on any atom is -0.355 e. The number of hydrogen-bond donors (Lipinski definition) is 3. The fraction of sp³-hybridized carbons (Fsp3) is 0.235. The van der Waals surface area contributed by atoms with Crippen molar-refractivity contribution >= 4 is 34.7 Å². The van der Waals surface area contributed by atoms with E-state index in [-0.39, 0.29) is 30.2 Å². The van der Waals surface area contributed by atoms with Gasteiger partial charge in [0.25, 0.3) is 5.91 Å². The van der Waals surface area contributed by atoms with Gasteiger partial charge >= 0.3 is 0 Å². The van der Waals surface area contributed by atoms with Gasteiger partial charge in [0.05, 0.1) is 12.5 Å². The van der Waals surface area contributed by atoms with Gasteiger partial charge in [-0.1, -0.05) is 12.1 Å². The highest BCUT2D eigenvalue weighted by Gasteiger charge is 2.18. The van der Waals surface area contributed by atoms with Crippen LogP contribution in [0.25, 0.3) is 0 Å². The number of nitrogens with one attached hydrogen (secondary N) is 3. The molecule has 7 heteroatoms. The first-order valence-electron chi connectivity index (χ1n) is 7.42. The number of carbonyl (C=O) groups is 3. The molecule has 0 aliphatic heterocycles. The summed E-state index contributed by atoms with van der Waals surface area (Å²) in [6.07, 6.45) is 0.115. The predicted molar refractivity (Wildman–Crippen MR) is 94.0 cm³/mol. The Kier molecular flexibility index (Phi) is 6.08. The topological polar surface area (TPSA) is 87.3 Å². The molecule has 0 aliphatic rings. The van der Waals surface area contributed by atoms with Crippen molar-refractivity contribution in [2.24, 2.45) is 0 Å². The zero-order valence-corrected chi connectivity index (χ0v) is 14.3. The van der Waals surface area contributed by atoms with Gasteiger partial charge in [-0.25, -0.2) is 0 Å². The van der Waals surface area contributed by atoms with Gasteiger partial charge in [-0.15, -0.1) is 11.3 Å². The van der Waals surface area contributed by atoms with Crippen LogP contribution in [0, 0.1) is 0 Å². The summed E-state index contributed by atoms with van der Waals surface area (Å²) in [6, 6.07) is 10.1. The summed E-state index contributed by atoms with van der Waals surface area (Å²) >= 11 is 1.48. The van der Waals surface area contributed by atoms with Crippen LogP contribution >= 0.6 is 11.3 Å². The lowest BCUT2D eigenvalue weighted by molar-refractivity contribution is -0.120. The summed E-state index contributed by atoms with van der Waals surface area (Å²) in [5, 5.41) is 9.98. The molecule has 1 atom stereocenters. The molecule has 126 valence electrons. The third kappa shape index (κ3) is 4.92. The first kappa shape index (κ1) is 17.7. The van der Waals surface area contributed by atoms with Gasteiger partial charge in [0.2, 0.25) is 11.8 Å². The first-order valence-corrected chi connectivity index (χ1v) is 8.30. The van der Waals surface area contributed by atoms with Crippen molar-refractivity contribution in [1.82, 2.24) is 10.6 Å². The maximum absolute atomic E-state index is 12.3. The number of benzene rings is 1. The predicted octanol–water partition coefficient (Wildman–Crippen LogP) is 2.31. The molecule has 0 aliphatic carbocycles. The van der Waals surface area contributed by atoms with E-state index >= 15 is 0 Å². The van der Waals surface area contributed by atoms with E-state index in [9.17, 15) is 14.4 Å². The van der Waals surface area contributed by atoms with Crippen LogP contribution in [0.2, 0.25) is 0 Å². The molecule has 24 heavy (non-hydrogen) atoms. The molecule has 2 rings (SSSR count). The number of amides is 3. The summed E-state index contributed by atoms with van der Waals surface area (Å²) < 4.78 is 0. The summed E-state index contributed by atoms with van der Waals surface area (Å²) in [5.41, 5.74) is 1.00. The van der Waals surface area contributed by atoms with Crippen molar-refractivity contribution in [3.8, 4) is 0 Å². The van der Waals surface area contributed by atoms with Crippen molar-refractivity contribution in [2.45, 2.75) is 19.4 Å². The smallest absolute Gasteiger partial charge is 0.251 e. The van der Waals surface area contributed by atoms with Crippen molar-refractivity contribution in [3.63, 3.8) is 0 Å². The first-order chi connectivity index (χ1) is 11.5. The minimum absolute atomic E-state index is 0.115. The number of anilines is 1. The minimum atomic E-state index is -0.371. The van der Waals surface area contributed by atoms with Crippen molar-refractivity contribution in [3.05, 3.63) is 52.2 Å². The van der Waals surface area contributed by atoms with Crippen LogP contribution in [0.1, 0.15) is 34.6 Å². The van der Waals surface area contributed by atoms with E-state index in [4.69, 9.17) is 0 Å². The van der Waals surface area contributed by atoms with Crippen molar-refractivity contribution in [2.75, 3.05) is 12.4 Å². The number of hydrogen-bond acceptors (Lipinski definition) is 4. The Balaban J connectivity index is 2.05. The lowest BCUT2D eigenvalue weighted by atomic mass is 10.1. The van der Waals surface area contributed by atoms with E-state index in [2.05, 4.69) is 16.0 Å². The van der Waals surface area contributed by atoms with E-state index < -0.39 is 0 Å². The van der Waals surface area contributed by atoms with Crippen LogP contribution in [-0.4, -0.2) is 24.8 Å². The molecular weight excluding hydrogens is 326 g/mol. The molecule has 0 fully saturated rings. The summed E-state index contributed by atoms with van der Waals surface area (Å²) in [6.45, 7) is 1.42. The second kappa shape index (κ2) is 8.26. The summed E-state index contributed by atoms with van der Waals surface area (Å²) in [5.74, 6) is -0.653. The average Bonchev–Trinajstić information content (AvgIpc) is 3.07. The highest BCUT2D eigenvalue weighted by atomic mass is 32.1. The molecule has 2 aromatic rings. The van der Waals surface area contributed by atoms with E-state index in [1.54, 1.807) is 31.3 Å². The molecule has 1 heterocycles. The highest BCUT2D eigenvalue weighted by molar-refractivity contribution is 7.10. The largest absolute Gasteiger partial charge is 0.355 e. The van der Waals surface area contributed by atoms with Crippen LogP contribution in [0.5, 0.6) is 0 Å². The lowest BCUT2D eigenvalue weighted by Gasteiger charge is -2.16. The number of thiophene rings is 1. The standard InChI is InChI=1S/C17H19N3O3S/c1-11(21)19-14(15-7-4-8-24-15)10-16(22)20-13-6-3-5-12(9-13)17(23)18-2/h3-9,14H,10H2,1-2H3,(H,18,23)(H,19,21)(H,20,22). The Bertz CT molecular complexity index is 728. The van der Waals surface area contributed by atoms with Crippen LogP contribution in [-0.2, 0) is 9.59 Å². The Labute approximate surface area is 144 Å². The molecule has 0 saturated heterocycles. The monoisotopic (exact) mass is 345 g/mol. The molecule has 0 bridgehead atoms. The second-order valence-corrected chi connectivity index (χ2v) is 6.16. The summed E-state index contributed by atoms with van der Waals surface area (Å²) in [7, 11) is 1.55. The molecule has 0 saturated carbocycles. The van der Waals surface area contributed by atoms with Crippen molar-refractivity contribution in [1.29, 1.82) is 0 Å². The zero-order chi connectivity index (χ0) is 17.5. The Hall–Kier alpha value is -2.67. The zero-order valence-electron chi connectivity index (χ0n) is 13.5. The molecule has 3 N–H and O–H groups in total. The number of rotatable bonds is 6. The second-order valence-electron chi connectivity index (χ2n) is 5.18. The van der Waals surface area contributed by atoms with E-state index in [1.807, 2.05) is 17.5 Å². The van der Waals surface area contributed by atoms with E-state index in [1.165, 1.54) is 18.3 Å². The molecule has 0 radical (unpaired) electrons. The Morgan fingerprint density at radius 2 is 1.96 bits per heavy atom. The Morgan fingerprint density at radius 1 is 1.17 bits per heavy atom. The van der Waals surface area contributed by atoms with Gasteiger partial charge in [-0.2, -0.15) is 0 Å². The van der Waals surface area contributed by atoms with Gasteiger partial charge < -0.3 is 16.0 Å². The lowest BCUT2D eigenvalue weighted by Crippen LogP contribution is -2.29. The van der Waals surface area contributed by atoms with E-state index in [0.29, 0.717) is 11.3 Å². The third-order valence-corrected chi connectivity index (χ3v) is 4.28. The molecule has 1 aromatic heterocycles. The van der Waals surface area contributed by atoms with Gasteiger partial charge in [0, 0.05) is 30.1 Å². The molecule has 0 spiro atoms.